The van der Waals surface area contributed by atoms with Crippen LogP contribution < -0.4 is 0 Å². The number of Topliss-reactive ketones (excluding diaryl/α,β-unsaturated/α-hetero) is 1. The van der Waals surface area contributed by atoms with Gasteiger partial charge in [-0.1, -0.05) is 13.8 Å². The number of carbonyl (C=O) groups excluding carboxylic acids is 1. The van der Waals surface area contributed by atoms with E-state index in [0.29, 0.717) is 11.8 Å². The van der Waals surface area contributed by atoms with E-state index in [-0.39, 0.29) is 0 Å². The van der Waals surface area contributed by atoms with E-state index in [1.165, 1.54) is 18.5 Å². The Morgan fingerprint density at radius 3 is 2.76 bits per heavy atom. The van der Waals surface area contributed by atoms with Crippen LogP contribution in [0.4, 0.5) is 0 Å². The second-order valence-electron chi connectivity index (χ2n) is 5.84. The minimum absolute atomic E-state index is 0.351. The molecule has 0 spiro atoms. The lowest BCUT2D eigenvalue weighted by atomic mass is 9.94. The van der Waals surface area contributed by atoms with Gasteiger partial charge in [0.05, 0.1) is 0 Å². The number of rotatable bonds is 1. The van der Waals surface area contributed by atoms with Gasteiger partial charge in [0.15, 0.2) is 5.78 Å². The van der Waals surface area contributed by atoms with Crippen LogP contribution >= 0.6 is 0 Å². The zero-order valence-electron chi connectivity index (χ0n) is 10.8. The first-order valence-electron chi connectivity index (χ1n) is 6.91. The third-order valence-corrected chi connectivity index (χ3v) is 4.92. The summed E-state index contributed by atoms with van der Waals surface area (Å²) in [5.74, 6) is 1.91. The number of aromatic nitrogens is 1. The largest absolute Gasteiger partial charge is 0.347 e. The lowest BCUT2D eigenvalue weighted by molar-refractivity contribution is 0.0971. The van der Waals surface area contributed by atoms with Gasteiger partial charge in [0.25, 0.3) is 0 Å². The van der Waals surface area contributed by atoms with Crippen LogP contribution in [-0.2, 0) is 6.42 Å². The molecular formula is C15H21NO. The van der Waals surface area contributed by atoms with Crippen LogP contribution in [0.15, 0.2) is 12.3 Å². The Morgan fingerprint density at radius 1 is 1.24 bits per heavy atom. The van der Waals surface area contributed by atoms with Gasteiger partial charge >= 0.3 is 0 Å². The van der Waals surface area contributed by atoms with Gasteiger partial charge in [0.1, 0.15) is 0 Å². The first-order chi connectivity index (χ1) is 8.18. The highest BCUT2D eigenvalue weighted by atomic mass is 16.1. The molecule has 17 heavy (non-hydrogen) atoms. The van der Waals surface area contributed by atoms with E-state index in [4.69, 9.17) is 0 Å². The molecule has 2 aliphatic carbocycles. The summed E-state index contributed by atoms with van der Waals surface area (Å²) in [6, 6.07) is 2.67. The van der Waals surface area contributed by atoms with Crippen LogP contribution in [0.1, 0.15) is 61.6 Å². The molecular weight excluding hydrogens is 210 g/mol. The van der Waals surface area contributed by atoms with Crippen molar-refractivity contribution in [2.75, 3.05) is 0 Å². The van der Waals surface area contributed by atoms with E-state index < -0.39 is 0 Å². The maximum atomic E-state index is 11.8. The van der Waals surface area contributed by atoms with E-state index >= 15 is 0 Å². The summed E-state index contributed by atoms with van der Waals surface area (Å²) in [6.45, 7) is 4.71. The first kappa shape index (κ1) is 11.1. The Labute approximate surface area is 103 Å². The quantitative estimate of drug-likeness (QED) is 0.723. The monoisotopic (exact) mass is 231 g/mol. The Morgan fingerprint density at radius 2 is 2.06 bits per heavy atom. The molecule has 0 radical (unpaired) electrons. The highest BCUT2D eigenvalue weighted by molar-refractivity contribution is 5.98. The van der Waals surface area contributed by atoms with Gasteiger partial charge in [-0.05, 0) is 43.6 Å². The second-order valence-corrected chi connectivity index (χ2v) is 5.84. The smallest absolute Gasteiger partial charge is 0.164 e. The molecule has 1 aromatic rings. The molecule has 0 aliphatic heterocycles. The predicted molar refractivity (Wildman–Crippen MR) is 68.3 cm³/mol. The maximum absolute atomic E-state index is 11.8. The molecule has 1 fully saturated rings. The lowest BCUT2D eigenvalue weighted by Crippen LogP contribution is -2.19. The fourth-order valence-electron chi connectivity index (χ4n) is 3.59. The summed E-state index contributed by atoms with van der Waals surface area (Å²) in [5, 5.41) is 0. The summed E-state index contributed by atoms with van der Waals surface area (Å²) >= 11 is 0. The third kappa shape index (κ3) is 1.65. The Hall–Kier alpha value is -1.05. The number of fused-ring (bicyclic) bond motifs is 1. The van der Waals surface area contributed by atoms with Gasteiger partial charge in [-0.25, -0.2) is 0 Å². The molecule has 0 bridgehead atoms. The first-order valence-corrected chi connectivity index (χ1v) is 6.91. The number of hydrogen-bond acceptors (Lipinski definition) is 1. The Kier molecular flexibility index (Phi) is 2.61. The van der Waals surface area contributed by atoms with Crippen LogP contribution in [0.5, 0.6) is 0 Å². The summed E-state index contributed by atoms with van der Waals surface area (Å²) in [7, 11) is 0. The molecule has 1 saturated carbocycles. The number of nitrogens with zero attached hydrogens (tertiary/aromatic N) is 1. The second kappa shape index (κ2) is 4.01. The molecule has 3 atom stereocenters. The van der Waals surface area contributed by atoms with Crippen molar-refractivity contribution < 1.29 is 4.79 Å². The molecule has 2 heteroatoms. The van der Waals surface area contributed by atoms with Crippen LogP contribution in [0, 0.1) is 11.8 Å². The van der Waals surface area contributed by atoms with E-state index in [2.05, 4.69) is 24.6 Å². The molecule has 0 amide bonds. The average molecular weight is 231 g/mol. The van der Waals surface area contributed by atoms with Crippen LogP contribution in [0.2, 0.25) is 0 Å². The van der Waals surface area contributed by atoms with Gasteiger partial charge in [-0.15, -0.1) is 0 Å². The molecule has 2 nitrogen and oxygen atoms in total. The van der Waals surface area contributed by atoms with E-state index in [9.17, 15) is 4.79 Å². The van der Waals surface area contributed by atoms with Gasteiger partial charge < -0.3 is 4.57 Å². The van der Waals surface area contributed by atoms with E-state index in [1.54, 1.807) is 0 Å². The zero-order chi connectivity index (χ0) is 12.0. The van der Waals surface area contributed by atoms with Crippen molar-refractivity contribution in [1.82, 2.24) is 4.57 Å². The van der Waals surface area contributed by atoms with Gasteiger partial charge in [-0.2, -0.15) is 0 Å². The zero-order valence-corrected chi connectivity index (χ0v) is 10.8. The van der Waals surface area contributed by atoms with Crippen molar-refractivity contribution in [3.63, 3.8) is 0 Å². The van der Waals surface area contributed by atoms with Crippen molar-refractivity contribution in [2.24, 2.45) is 11.8 Å². The fraction of sp³-hybridized carbons (Fsp3) is 0.667. The highest BCUT2D eigenvalue weighted by Gasteiger charge is 2.33. The molecule has 0 saturated heterocycles. The molecule has 2 aliphatic rings. The average Bonchev–Trinajstić information content (AvgIpc) is 2.86. The minimum atomic E-state index is 0.351. The molecule has 1 heterocycles. The summed E-state index contributed by atoms with van der Waals surface area (Å²) in [5.41, 5.74) is 2.32. The third-order valence-electron chi connectivity index (χ3n) is 4.92. The van der Waals surface area contributed by atoms with Crippen molar-refractivity contribution in [3.8, 4) is 0 Å². The normalized spacial score (nSPS) is 32.8. The molecule has 0 aromatic carbocycles. The highest BCUT2D eigenvalue weighted by Crippen LogP contribution is 2.41. The van der Waals surface area contributed by atoms with Gasteiger partial charge in [0.2, 0.25) is 0 Å². The summed E-state index contributed by atoms with van der Waals surface area (Å²) in [4.78, 5) is 11.8. The van der Waals surface area contributed by atoms with Crippen molar-refractivity contribution >= 4 is 5.78 Å². The topological polar surface area (TPSA) is 22.0 Å². The molecule has 0 N–H and O–H groups in total. The number of ketones is 1. The molecule has 3 rings (SSSR count). The standard InChI is InChI=1S/C15H21NO/c1-10-6-7-13(11(10)2)16-9-8-12-14(16)4-3-5-15(12)17/h8-11,13H,3-7H2,1-2H3. The Balaban J connectivity index is 1.97. The summed E-state index contributed by atoms with van der Waals surface area (Å²) < 4.78 is 2.42. The lowest BCUT2D eigenvalue weighted by Gasteiger charge is -2.24. The van der Waals surface area contributed by atoms with Crippen molar-refractivity contribution in [3.05, 3.63) is 23.5 Å². The molecule has 1 aromatic heterocycles. The van der Waals surface area contributed by atoms with Crippen molar-refractivity contribution in [1.29, 1.82) is 0 Å². The van der Waals surface area contributed by atoms with Crippen molar-refractivity contribution in [2.45, 2.75) is 52.0 Å². The van der Waals surface area contributed by atoms with Gasteiger partial charge in [-0.3, -0.25) is 4.79 Å². The number of hydrogen-bond donors (Lipinski definition) is 0. The minimum Gasteiger partial charge on any atom is -0.347 e. The fourth-order valence-corrected chi connectivity index (χ4v) is 3.59. The maximum Gasteiger partial charge on any atom is 0.164 e. The molecule has 3 unspecified atom stereocenters. The SMILES string of the molecule is CC1CCC(n2ccc3c2CCCC3=O)C1C. The van der Waals surface area contributed by atoms with Crippen LogP contribution in [-0.4, -0.2) is 10.4 Å². The predicted octanol–water partition coefficient (Wildman–Crippen LogP) is 3.61. The van der Waals surface area contributed by atoms with Crippen LogP contribution in [0.25, 0.3) is 0 Å². The van der Waals surface area contributed by atoms with Gasteiger partial charge in [0, 0.05) is 29.9 Å². The summed E-state index contributed by atoms with van der Waals surface area (Å²) in [6.07, 6.45) is 7.63. The van der Waals surface area contributed by atoms with Crippen LogP contribution in [0.3, 0.4) is 0 Å². The number of carbonyl (C=O) groups is 1. The molecule has 92 valence electrons. The van der Waals surface area contributed by atoms with E-state index in [0.717, 1.165) is 36.7 Å². The Bertz CT molecular complexity index is 446. The van der Waals surface area contributed by atoms with E-state index in [1.807, 2.05) is 6.07 Å².